The number of methoxy groups -OCH3 is 1. The molecular weight excluding hydrogens is 254 g/mol. The summed E-state index contributed by atoms with van der Waals surface area (Å²) in [4.78, 5) is 12.1. The molecule has 0 spiro atoms. The molecule has 1 unspecified atom stereocenters. The van der Waals surface area contributed by atoms with Gasteiger partial charge in [0, 0.05) is 18.7 Å². The second-order valence-corrected chi connectivity index (χ2v) is 5.45. The number of carbonyl (C=O) groups is 1. The second kappa shape index (κ2) is 8.59. The highest BCUT2D eigenvalue weighted by Gasteiger charge is 2.13. The van der Waals surface area contributed by atoms with Gasteiger partial charge in [-0.2, -0.15) is 0 Å². The highest BCUT2D eigenvalue weighted by atomic mass is 16.5. The number of nitrogens with one attached hydrogen (secondary N) is 1. The molecule has 0 fully saturated rings. The maximum Gasteiger partial charge on any atom is 0.251 e. The molecule has 0 radical (unpaired) electrons. The van der Waals surface area contributed by atoms with Crippen LogP contribution in [0.4, 0.5) is 0 Å². The van der Waals surface area contributed by atoms with Crippen molar-refractivity contribution in [2.45, 2.75) is 26.7 Å². The van der Waals surface area contributed by atoms with Crippen LogP contribution in [-0.4, -0.2) is 31.3 Å². The van der Waals surface area contributed by atoms with Crippen molar-refractivity contribution in [1.29, 1.82) is 0 Å². The van der Waals surface area contributed by atoms with E-state index in [-0.39, 0.29) is 12.5 Å². The zero-order valence-electron chi connectivity index (χ0n) is 12.6. The summed E-state index contributed by atoms with van der Waals surface area (Å²) in [6.07, 6.45) is 1.72. The number of rotatable bonds is 8. The number of amides is 1. The highest BCUT2D eigenvalue weighted by molar-refractivity contribution is 5.94. The Morgan fingerprint density at radius 3 is 2.75 bits per heavy atom. The predicted molar refractivity (Wildman–Crippen MR) is 80.0 cm³/mol. The highest BCUT2D eigenvalue weighted by Crippen LogP contribution is 2.15. The molecule has 0 aliphatic rings. The van der Waals surface area contributed by atoms with Crippen LogP contribution in [0.2, 0.25) is 0 Å². The Kier molecular flexibility index (Phi) is 7.09. The number of ether oxygens (including phenoxy) is 1. The Labute approximate surface area is 121 Å². The molecular formula is C16H25NO3. The van der Waals surface area contributed by atoms with E-state index in [2.05, 4.69) is 19.2 Å². The van der Waals surface area contributed by atoms with Crippen LogP contribution < -0.4 is 10.1 Å². The Morgan fingerprint density at radius 1 is 1.40 bits per heavy atom. The number of aliphatic hydroxyl groups is 1. The molecule has 2 N–H and O–H groups in total. The molecule has 20 heavy (non-hydrogen) atoms. The molecule has 1 aromatic carbocycles. The largest absolute Gasteiger partial charge is 0.497 e. The van der Waals surface area contributed by atoms with Crippen molar-refractivity contribution in [2.75, 3.05) is 20.3 Å². The average Bonchev–Trinajstić information content (AvgIpc) is 2.44. The third kappa shape index (κ3) is 5.61. The minimum atomic E-state index is -0.101. The maximum absolute atomic E-state index is 12.1. The number of aliphatic hydroxyl groups excluding tert-OH is 1. The van der Waals surface area contributed by atoms with Crippen LogP contribution in [-0.2, 0) is 0 Å². The van der Waals surface area contributed by atoms with E-state index in [9.17, 15) is 4.79 Å². The van der Waals surface area contributed by atoms with E-state index in [0.717, 1.165) is 12.8 Å². The topological polar surface area (TPSA) is 58.6 Å². The van der Waals surface area contributed by atoms with Gasteiger partial charge in [0.2, 0.25) is 0 Å². The third-order valence-electron chi connectivity index (χ3n) is 3.23. The lowest BCUT2D eigenvalue weighted by Gasteiger charge is -2.18. The molecule has 1 rings (SSSR count). The second-order valence-electron chi connectivity index (χ2n) is 5.45. The lowest BCUT2D eigenvalue weighted by atomic mass is 9.94. The first-order valence-corrected chi connectivity index (χ1v) is 7.10. The summed E-state index contributed by atoms with van der Waals surface area (Å²) < 4.78 is 5.11. The molecule has 1 amide bonds. The van der Waals surface area contributed by atoms with Gasteiger partial charge in [-0.3, -0.25) is 4.79 Å². The van der Waals surface area contributed by atoms with Crippen LogP contribution in [0, 0.1) is 11.8 Å². The lowest BCUT2D eigenvalue weighted by Crippen LogP contribution is -2.30. The minimum absolute atomic E-state index is 0.101. The maximum atomic E-state index is 12.1. The first kappa shape index (κ1) is 16.5. The van der Waals surface area contributed by atoms with E-state index in [1.54, 1.807) is 25.3 Å². The minimum Gasteiger partial charge on any atom is -0.497 e. The van der Waals surface area contributed by atoms with E-state index in [1.807, 2.05) is 6.07 Å². The molecule has 4 nitrogen and oxygen atoms in total. The Hall–Kier alpha value is -1.55. The van der Waals surface area contributed by atoms with Crippen LogP contribution in [0.3, 0.4) is 0 Å². The van der Waals surface area contributed by atoms with E-state index in [1.165, 1.54) is 0 Å². The average molecular weight is 279 g/mol. The van der Waals surface area contributed by atoms with Gasteiger partial charge in [-0.15, -0.1) is 0 Å². The van der Waals surface area contributed by atoms with E-state index in [4.69, 9.17) is 9.84 Å². The standard InChI is InChI=1S/C16H25NO3/c1-12(2)9-13(7-8-18)11-17-16(19)14-5-4-6-15(10-14)20-3/h4-6,10,12-13,18H,7-9,11H2,1-3H3,(H,17,19). The molecule has 1 atom stereocenters. The van der Waals surface area contributed by atoms with Crippen molar-refractivity contribution in [3.63, 3.8) is 0 Å². The van der Waals surface area contributed by atoms with Crippen molar-refractivity contribution in [2.24, 2.45) is 11.8 Å². The van der Waals surface area contributed by atoms with Gasteiger partial charge in [-0.1, -0.05) is 19.9 Å². The lowest BCUT2D eigenvalue weighted by molar-refractivity contribution is 0.0941. The van der Waals surface area contributed by atoms with Crippen LogP contribution in [0.5, 0.6) is 5.75 Å². The van der Waals surface area contributed by atoms with Crippen LogP contribution >= 0.6 is 0 Å². The predicted octanol–water partition coefficient (Wildman–Crippen LogP) is 2.47. The van der Waals surface area contributed by atoms with Gasteiger partial charge in [0.15, 0.2) is 0 Å². The van der Waals surface area contributed by atoms with Gasteiger partial charge < -0.3 is 15.2 Å². The summed E-state index contributed by atoms with van der Waals surface area (Å²) in [5, 5.41) is 12.0. The zero-order chi connectivity index (χ0) is 15.0. The summed E-state index contributed by atoms with van der Waals surface area (Å²) in [6.45, 7) is 5.05. The van der Waals surface area contributed by atoms with Gasteiger partial charge in [0.05, 0.1) is 7.11 Å². The van der Waals surface area contributed by atoms with Gasteiger partial charge >= 0.3 is 0 Å². The van der Waals surface area contributed by atoms with Crippen molar-refractivity contribution < 1.29 is 14.6 Å². The summed E-state index contributed by atoms with van der Waals surface area (Å²) in [7, 11) is 1.58. The SMILES string of the molecule is COc1cccc(C(=O)NCC(CCO)CC(C)C)c1. The molecule has 0 aliphatic heterocycles. The summed E-state index contributed by atoms with van der Waals surface area (Å²) in [5.74, 6) is 1.44. The van der Waals surface area contributed by atoms with Crippen molar-refractivity contribution in [1.82, 2.24) is 5.32 Å². The summed E-state index contributed by atoms with van der Waals surface area (Å²) >= 11 is 0. The first-order valence-electron chi connectivity index (χ1n) is 7.10. The molecule has 0 saturated carbocycles. The monoisotopic (exact) mass is 279 g/mol. The van der Waals surface area contributed by atoms with Crippen molar-refractivity contribution >= 4 is 5.91 Å². The van der Waals surface area contributed by atoms with Gasteiger partial charge in [0.25, 0.3) is 5.91 Å². The number of benzene rings is 1. The molecule has 1 aromatic rings. The van der Waals surface area contributed by atoms with Gasteiger partial charge in [-0.25, -0.2) is 0 Å². The fourth-order valence-corrected chi connectivity index (χ4v) is 2.26. The van der Waals surface area contributed by atoms with Crippen LogP contribution in [0.1, 0.15) is 37.0 Å². The van der Waals surface area contributed by atoms with Gasteiger partial charge in [0.1, 0.15) is 5.75 Å². The Morgan fingerprint density at radius 2 is 2.15 bits per heavy atom. The molecule has 0 saturated heterocycles. The molecule has 0 aliphatic carbocycles. The van der Waals surface area contributed by atoms with E-state index < -0.39 is 0 Å². The van der Waals surface area contributed by atoms with Crippen LogP contribution in [0.15, 0.2) is 24.3 Å². The number of hydrogen-bond acceptors (Lipinski definition) is 3. The summed E-state index contributed by atoms with van der Waals surface area (Å²) in [5.41, 5.74) is 0.594. The first-order chi connectivity index (χ1) is 9.56. The van der Waals surface area contributed by atoms with E-state index >= 15 is 0 Å². The zero-order valence-corrected chi connectivity index (χ0v) is 12.6. The smallest absolute Gasteiger partial charge is 0.251 e. The quantitative estimate of drug-likeness (QED) is 0.768. The van der Waals surface area contributed by atoms with Crippen molar-refractivity contribution in [3.8, 4) is 5.75 Å². The summed E-state index contributed by atoms with van der Waals surface area (Å²) in [6, 6.07) is 7.09. The fourth-order valence-electron chi connectivity index (χ4n) is 2.26. The Bertz CT molecular complexity index is 418. The molecule has 0 bridgehead atoms. The molecule has 0 aromatic heterocycles. The van der Waals surface area contributed by atoms with E-state index in [0.29, 0.717) is 29.7 Å². The number of carbonyl (C=O) groups excluding carboxylic acids is 1. The van der Waals surface area contributed by atoms with Gasteiger partial charge in [-0.05, 0) is 42.9 Å². The van der Waals surface area contributed by atoms with Crippen LogP contribution in [0.25, 0.3) is 0 Å². The fraction of sp³-hybridized carbons (Fsp3) is 0.562. The number of hydrogen-bond donors (Lipinski definition) is 2. The molecule has 112 valence electrons. The third-order valence-corrected chi connectivity index (χ3v) is 3.23. The molecule has 0 heterocycles. The normalized spacial score (nSPS) is 12.2. The van der Waals surface area contributed by atoms with Crippen molar-refractivity contribution in [3.05, 3.63) is 29.8 Å². The Balaban J connectivity index is 2.55. The molecule has 4 heteroatoms.